The van der Waals surface area contributed by atoms with Crippen molar-refractivity contribution in [1.29, 1.82) is 0 Å². The summed E-state index contributed by atoms with van der Waals surface area (Å²) in [6.45, 7) is 20.9. The number of allylic oxidation sites excluding steroid dienone is 2. The number of Topliss-reactive ketones (excluding diaryl/α,β-unsaturated/α-hetero) is 1. The summed E-state index contributed by atoms with van der Waals surface area (Å²) in [5, 5.41) is 9.93. The molecule has 1 aliphatic rings. The highest BCUT2D eigenvalue weighted by Gasteiger charge is 2.46. The standard InChI is InChI=1S/C29H49F3O5Si/c1-18-13-12-14-22(29(30,31)32)15-16-23(21(4)33)36-24(34)17-19(2)28(8,9)26(35)20(3)25(18)37-38(10,11)27(5,6)7/h12-13,15,18-21,23,25,33H,14,16-17H2,1-11H3/b13-12+,22-15+/t18-,19-,20+,21+,23-,25?/m0/s1. The van der Waals surface area contributed by atoms with Gasteiger partial charge in [0.15, 0.2) is 8.32 Å². The predicted octanol–water partition coefficient (Wildman–Crippen LogP) is 7.40. The molecule has 1 rings (SSSR count). The molecule has 0 aromatic heterocycles. The lowest BCUT2D eigenvalue weighted by Gasteiger charge is -2.43. The van der Waals surface area contributed by atoms with Crippen LogP contribution in [0.4, 0.5) is 13.2 Å². The van der Waals surface area contributed by atoms with Crippen molar-refractivity contribution in [3.63, 3.8) is 0 Å². The molecule has 0 amide bonds. The third-order valence-electron chi connectivity index (χ3n) is 8.56. The van der Waals surface area contributed by atoms with E-state index in [0.717, 1.165) is 6.08 Å². The molecular formula is C29H49F3O5Si. The van der Waals surface area contributed by atoms with Gasteiger partial charge in [-0.2, -0.15) is 13.2 Å². The van der Waals surface area contributed by atoms with Gasteiger partial charge in [-0.15, -0.1) is 0 Å². The zero-order valence-electron chi connectivity index (χ0n) is 25.0. The van der Waals surface area contributed by atoms with Gasteiger partial charge in [0, 0.05) is 29.7 Å². The second-order valence-electron chi connectivity index (χ2n) is 13.0. The minimum atomic E-state index is -4.58. The molecule has 1 unspecified atom stereocenters. The lowest BCUT2D eigenvalue weighted by molar-refractivity contribution is -0.157. The maximum atomic E-state index is 13.9. The molecule has 0 fully saturated rings. The molecule has 0 bridgehead atoms. The molecule has 1 heterocycles. The van der Waals surface area contributed by atoms with E-state index in [1.54, 1.807) is 26.8 Å². The molecule has 0 aromatic rings. The summed E-state index contributed by atoms with van der Waals surface area (Å²) < 4.78 is 53.5. The van der Waals surface area contributed by atoms with Gasteiger partial charge in [0.25, 0.3) is 0 Å². The first-order chi connectivity index (χ1) is 17.0. The van der Waals surface area contributed by atoms with Gasteiger partial charge in [-0.1, -0.05) is 73.6 Å². The molecule has 0 saturated heterocycles. The van der Waals surface area contributed by atoms with Crippen molar-refractivity contribution >= 4 is 20.1 Å². The second-order valence-corrected chi connectivity index (χ2v) is 17.8. The highest BCUT2D eigenvalue weighted by Crippen LogP contribution is 2.42. The first-order valence-electron chi connectivity index (χ1n) is 13.5. The Labute approximate surface area is 228 Å². The average Bonchev–Trinajstić information content (AvgIpc) is 2.74. The van der Waals surface area contributed by atoms with Crippen LogP contribution in [-0.2, 0) is 18.8 Å². The number of halogens is 3. The summed E-state index contributed by atoms with van der Waals surface area (Å²) in [4.78, 5) is 26.6. The lowest BCUT2D eigenvalue weighted by atomic mass is 9.69. The zero-order chi connectivity index (χ0) is 29.9. The number of esters is 1. The number of ether oxygens (including phenoxy) is 1. The lowest BCUT2D eigenvalue weighted by Crippen LogP contribution is -2.50. The highest BCUT2D eigenvalue weighted by atomic mass is 28.4. The van der Waals surface area contributed by atoms with Crippen LogP contribution in [0.5, 0.6) is 0 Å². The van der Waals surface area contributed by atoms with Crippen LogP contribution < -0.4 is 0 Å². The van der Waals surface area contributed by atoms with Gasteiger partial charge in [0.2, 0.25) is 0 Å². The third kappa shape index (κ3) is 9.05. The first kappa shape index (κ1) is 34.6. The number of carbonyl (C=O) groups excluding carboxylic acids is 2. The number of aliphatic hydroxyl groups excluding tert-OH is 1. The summed E-state index contributed by atoms with van der Waals surface area (Å²) in [5.41, 5.74) is -1.67. The topological polar surface area (TPSA) is 72.8 Å². The molecule has 0 aliphatic carbocycles. The fourth-order valence-electron chi connectivity index (χ4n) is 4.32. The summed E-state index contributed by atoms with van der Waals surface area (Å²) >= 11 is 0. The minimum absolute atomic E-state index is 0.0724. The Morgan fingerprint density at radius 3 is 2.16 bits per heavy atom. The minimum Gasteiger partial charge on any atom is -0.459 e. The normalized spacial score (nSPS) is 32.2. The van der Waals surface area contributed by atoms with Crippen LogP contribution in [0.2, 0.25) is 18.1 Å². The van der Waals surface area contributed by atoms with Gasteiger partial charge >= 0.3 is 12.1 Å². The number of cyclic esters (lactones) is 1. The largest absolute Gasteiger partial charge is 0.459 e. The van der Waals surface area contributed by atoms with Crippen LogP contribution in [0.3, 0.4) is 0 Å². The average molecular weight is 563 g/mol. The summed E-state index contributed by atoms with van der Waals surface area (Å²) in [6, 6.07) is 0. The van der Waals surface area contributed by atoms with Crippen molar-refractivity contribution in [3.8, 4) is 0 Å². The van der Waals surface area contributed by atoms with E-state index in [9.17, 15) is 27.9 Å². The number of carbonyl (C=O) groups is 2. The van der Waals surface area contributed by atoms with Gasteiger partial charge in [-0.05, 0) is 43.3 Å². The van der Waals surface area contributed by atoms with E-state index in [1.807, 2.05) is 13.8 Å². The second kappa shape index (κ2) is 12.8. The van der Waals surface area contributed by atoms with E-state index < -0.39 is 61.6 Å². The van der Waals surface area contributed by atoms with E-state index in [1.165, 1.54) is 13.0 Å². The Morgan fingerprint density at radius 2 is 1.68 bits per heavy atom. The Kier molecular flexibility index (Phi) is 11.7. The van der Waals surface area contributed by atoms with Crippen LogP contribution in [-0.4, -0.2) is 49.7 Å². The number of aliphatic hydroxyl groups is 1. The van der Waals surface area contributed by atoms with Crippen LogP contribution in [0.15, 0.2) is 23.8 Å². The van der Waals surface area contributed by atoms with Crippen molar-refractivity contribution in [3.05, 3.63) is 23.8 Å². The molecule has 6 atom stereocenters. The van der Waals surface area contributed by atoms with E-state index in [4.69, 9.17) is 9.16 Å². The highest BCUT2D eigenvalue weighted by molar-refractivity contribution is 6.74. The third-order valence-corrected chi connectivity index (χ3v) is 13.0. The molecule has 5 nitrogen and oxygen atoms in total. The number of hydrogen-bond acceptors (Lipinski definition) is 5. The van der Waals surface area contributed by atoms with Gasteiger partial charge in [0.1, 0.15) is 11.9 Å². The number of alkyl halides is 3. The van der Waals surface area contributed by atoms with Gasteiger partial charge in [-0.3, -0.25) is 9.59 Å². The van der Waals surface area contributed by atoms with Gasteiger partial charge in [0.05, 0.1) is 12.2 Å². The molecule has 0 radical (unpaired) electrons. The van der Waals surface area contributed by atoms with Crippen molar-refractivity contribution in [2.75, 3.05) is 0 Å². The molecular weight excluding hydrogens is 513 g/mol. The van der Waals surface area contributed by atoms with Crippen molar-refractivity contribution in [1.82, 2.24) is 0 Å². The first-order valence-corrected chi connectivity index (χ1v) is 16.5. The summed E-state index contributed by atoms with van der Waals surface area (Å²) in [6.07, 6.45) is -3.99. The predicted molar refractivity (Wildman–Crippen MR) is 147 cm³/mol. The molecule has 0 aromatic carbocycles. The van der Waals surface area contributed by atoms with Crippen LogP contribution in [0, 0.1) is 23.2 Å². The van der Waals surface area contributed by atoms with Crippen LogP contribution in [0.25, 0.3) is 0 Å². The number of rotatable bonds is 3. The Hall–Kier alpha value is -1.45. The molecule has 0 saturated carbocycles. The van der Waals surface area contributed by atoms with E-state index >= 15 is 0 Å². The molecule has 1 aliphatic heterocycles. The SMILES string of the molecule is C[C@H]1/C=C/C/C(C(F)(F)F)=C\C[C@@H]([C@@H](C)O)OC(=O)C[C@H](C)C(C)(C)C(=O)[C@H](C)C1O[Si](C)(C)C(C)(C)C. The maximum Gasteiger partial charge on any atom is 0.412 e. The van der Waals surface area contributed by atoms with Crippen molar-refractivity contribution < 1.29 is 37.0 Å². The van der Waals surface area contributed by atoms with Crippen LogP contribution in [0.1, 0.15) is 81.6 Å². The Bertz CT molecular complexity index is 884. The Morgan fingerprint density at radius 1 is 1.13 bits per heavy atom. The van der Waals surface area contributed by atoms with Gasteiger partial charge in [-0.25, -0.2) is 0 Å². The fraction of sp³-hybridized carbons (Fsp3) is 0.793. The summed E-state index contributed by atoms with van der Waals surface area (Å²) in [7, 11) is -2.34. The summed E-state index contributed by atoms with van der Waals surface area (Å²) in [5.74, 6) is -2.03. The van der Waals surface area contributed by atoms with E-state index in [0.29, 0.717) is 0 Å². The van der Waals surface area contributed by atoms with Crippen LogP contribution >= 0.6 is 0 Å². The fourth-order valence-corrected chi connectivity index (χ4v) is 5.77. The zero-order valence-corrected chi connectivity index (χ0v) is 26.0. The van der Waals surface area contributed by atoms with Crippen molar-refractivity contribution in [2.24, 2.45) is 23.2 Å². The molecule has 220 valence electrons. The smallest absolute Gasteiger partial charge is 0.412 e. The van der Waals surface area contributed by atoms with Crippen molar-refractivity contribution in [2.45, 2.75) is 124 Å². The molecule has 0 spiro atoms. The monoisotopic (exact) mass is 562 g/mol. The van der Waals surface area contributed by atoms with E-state index in [-0.39, 0.29) is 36.0 Å². The molecule has 9 heteroatoms. The van der Waals surface area contributed by atoms with E-state index in [2.05, 4.69) is 33.9 Å². The Balaban J connectivity index is 3.61. The maximum absolute atomic E-state index is 13.9. The number of hydrogen-bond donors (Lipinski definition) is 1. The quantitative estimate of drug-likeness (QED) is 0.220. The molecule has 38 heavy (non-hydrogen) atoms. The van der Waals surface area contributed by atoms with Gasteiger partial charge < -0.3 is 14.3 Å². The molecule has 1 N–H and O–H groups in total. The number of ketones is 1.